The first-order valence-corrected chi connectivity index (χ1v) is 6.62. The van der Waals surface area contributed by atoms with Crippen molar-refractivity contribution in [3.63, 3.8) is 0 Å². The van der Waals surface area contributed by atoms with E-state index in [1.807, 2.05) is 12.1 Å². The molecule has 20 heavy (non-hydrogen) atoms. The molecule has 0 heterocycles. The number of benzene rings is 2. The molecule has 1 aliphatic rings. The number of nitrogen functional groups attached to an aromatic ring is 1. The zero-order chi connectivity index (χ0) is 14.1. The van der Waals surface area contributed by atoms with Crippen LogP contribution in [-0.4, -0.2) is 5.91 Å². The monoisotopic (exact) mass is 268 g/mol. The van der Waals surface area contributed by atoms with Gasteiger partial charge in [0.15, 0.2) is 0 Å². The quantitative estimate of drug-likeness (QED) is 0.840. The molecule has 0 aromatic heterocycles. The van der Waals surface area contributed by atoms with Gasteiger partial charge in [-0.1, -0.05) is 6.07 Å². The van der Waals surface area contributed by atoms with E-state index in [-0.39, 0.29) is 0 Å². The minimum absolute atomic E-state index is 0.333. The predicted molar refractivity (Wildman–Crippen MR) is 77.9 cm³/mol. The van der Waals surface area contributed by atoms with E-state index in [1.165, 1.54) is 17.5 Å². The minimum Gasteiger partial charge on any atom is -0.456 e. The van der Waals surface area contributed by atoms with Gasteiger partial charge in [0.1, 0.15) is 11.5 Å². The second-order valence-corrected chi connectivity index (χ2v) is 5.01. The second-order valence-electron chi connectivity index (χ2n) is 5.01. The number of fused-ring (bicyclic) bond motifs is 1. The molecular weight excluding hydrogens is 252 g/mol. The van der Waals surface area contributed by atoms with E-state index < -0.39 is 5.91 Å². The van der Waals surface area contributed by atoms with Gasteiger partial charge < -0.3 is 16.2 Å². The van der Waals surface area contributed by atoms with Crippen LogP contribution in [0.4, 0.5) is 5.69 Å². The van der Waals surface area contributed by atoms with Gasteiger partial charge in [-0.2, -0.15) is 0 Å². The van der Waals surface area contributed by atoms with E-state index in [4.69, 9.17) is 16.2 Å². The molecule has 0 saturated carbocycles. The Labute approximate surface area is 117 Å². The summed E-state index contributed by atoms with van der Waals surface area (Å²) in [5, 5.41) is 0. The highest BCUT2D eigenvalue weighted by atomic mass is 16.5. The Hall–Kier alpha value is -2.49. The molecule has 0 unspecified atom stereocenters. The normalized spacial score (nSPS) is 13.0. The van der Waals surface area contributed by atoms with Gasteiger partial charge in [0, 0.05) is 11.8 Å². The summed E-state index contributed by atoms with van der Waals surface area (Å²) in [6, 6.07) is 10.9. The zero-order valence-corrected chi connectivity index (χ0v) is 11.1. The molecule has 2 aromatic carbocycles. The first-order chi connectivity index (χ1) is 9.63. The molecule has 0 aliphatic heterocycles. The first-order valence-electron chi connectivity index (χ1n) is 6.62. The molecule has 0 spiro atoms. The number of hydrogen-bond donors (Lipinski definition) is 2. The van der Waals surface area contributed by atoms with Crippen LogP contribution in [0, 0.1) is 0 Å². The lowest BCUT2D eigenvalue weighted by atomic mass is 10.1. The van der Waals surface area contributed by atoms with Gasteiger partial charge in [-0.25, -0.2) is 0 Å². The van der Waals surface area contributed by atoms with Crippen LogP contribution in [0.5, 0.6) is 11.5 Å². The van der Waals surface area contributed by atoms with Gasteiger partial charge in [-0.3, -0.25) is 4.79 Å². The Morgan fingerprint density at radius 3 is 2.65 bits per heavy atom. The molecule has 4 nitrogen and oxygen atoms in total. The number of carbonyl (C=O) groups excluding carboxylic acids is 1. The number of ether oxygens (including phenoxy) is 1. The highest BCUT2D eigenvalue weighted by Crippen LogP contribution is 2.31. The van der Waals surface area contributed by atoms with Crippen molar-refractivity contribution in [2.75, 3.05) is 5.73 Å². The van der Waals surface area contributed by atoms with Crippen molar-refractivity contribution in [3.05, 3.63) is 53.1 Å². The van der Waals surface area contributed by atoms with E-state index in [9.17, 15) is 4.79 Å². The largest absolute Gasteiger partial charge is 0.456 e. The topological polar surface area (TPSA) is 78.3 Å². The van der Waals surface area contributed by atoms with Crippen molar-refractivity contribution in [3.8, 4) is 11.5 Å². The summed E-state index contributed by atoms with van der Waals surface area (Å²) in [6.45, 7) is 0. The van der Waals surface area contributed by atoms with Crippen LogP contribution in [-0.2, 0) is 12.8 Å². The number of aryl methyl sites for hydroxylation is 2. The maximum Gasteiger partial charge on any atom is 0.252 e. The maximum absolute atomic E-state index is 11.4. The van der Waals surface area contributed by atoms with Gasteiger partial charge in [-0.15, -0.1) is 0 Å². The third-order valence-corrected chi connectivity index (χ3v) is 3.57. The van der Waals surface area contributed by atoms with Crippen LogP contribution in [0.3, 0.4) is 0 Å². The number of hydrogen-bond acceptors (Lipinski definition) is 3. The van der Waals surface area contributed by atoms with Crippen LogP contribution in [0.25, 0.3) is 0 Å². The second kappa shape index (κ2) is 4.89. The third kappa shape index (κ3) is 2.32. The van der Waals surface area contributed by atoms with Crippen molar-refractivity contribution >= 4 is 11.6 Å². The molecule has 102 valence electrons. The smallest absolute Gasteiger partial charge is 0.252 e. The molecule has 4 N–H and O–H groups in total. The highest BCUT2D eigenvalue weighted by molar-refractivity contribution is 5.96. The fourth-order valence-corrected chi connectivity index (χ4v) is 2.57. The summed E-state index contributed by atoms with van der Waals surface area (Å²) in [5.41, 5.74) is 14.6. The number of primary amides is 1. The molecule has 2 aromatic rings. The van der Waals surface area contributed by atoms with E-state index in [0.29, 0.717) is 22.7 Å². The Balaban J connectivity index is 1.95. The number of anilines is 1. The molecule has 4 heteroatoms. The fourth-order valence-electron chi connectivity index (χ4n) is 2.57. The Kier molecular flexibility index (Phi) is 3.06. The molecule has 1 amide bonds. The van der Waals surface area contributed by atoms with Gasteiger partial charge in [-0.05, 0) is 54.7 Å². The molecule has 0 bridgehead atoms. The van der Waals surface area contributed by atoms with E-state index in [1.54, 1.807) is 18.2 Å². The zero-order valence-electron chi connectivity index (χ0n) is 11.1. The van der Waals surface area contributed by atoms with Gasteiger partial charge in [0.05, 0.1) is 5.56 Å². The number of nitrogens with two attached hydrogens (primary N) is 2. The minimum atomic E-state index is -0.527. The number of carbonyl (C=O) groups is 1. The molecular formula is C16H16N2O2. The van der Waals surface area contributed by atoms with Crippen molar-refractivity contribution < 1.29 is 9.53 Å². The third-order valence-electron chi connectivity index (χ3n) is 3.57. The molecule has 0 saturated heterocycles. The lowest BCUT2D eigenvalue weighted by molar-refractivity contribution is 0.0998. The molecule has 1 aliphatic carbocycles. The van der Waals surface area contributed by atoms with Gasteiger partial charge in [0.2, 0.25) is 0 Å². The van der Waals surface area contributed by atoms with E-state index in [2.05, 4.69) is 6.07 Å². The lowest BCUT2D eigenvalue weighted by Gasteiger charge is -2.11. The highest BCUT2D eigenvalue weighted by Gasteiger charge is 2.14. The van der Waals surface area contributed by atoms with Gasteiger partial charge >= 0.3 is 0 Å². The van der Waals surface area contributed by atoms with Gasteiger partial charge in [0.25, 0.3) is 5.91 Å². The Morgan fingerprint density at radius 2 is 1.85 bits per heavy atom. The molecule has 3 rings (SSSR count). The summed E-state index contributed by atoms with van der Waals surface area (Å²) >= 11 is 0. The van der Waals surface area contributed by atoms with Crippen LogP contribution in [0.15, 0.2) is 36.4 Å². The SMILES string of the molecule is NC(=O)c1ccc(N)cc1Oc1ccc2c(c1)CCC2. The fraction of sp³-hybridized carbons (Fsp3) is 0.188. The van der Waals surface area contributed by atoms with Crippen LogP contribution in [0.1, 0.15) is 27.9 Å². The van der Waals surface area contributed by atoms with E-state index in [0.717, 1.165) is 12.8 Å². The molecule has 0 fully saturated rings. The van der Waals surface area contributed by atoms with Crippen LogP contribution >= 0.6 is 0 Å². The maximum atomic E-state index is 11.4. The van der Waals surface area contributed by atoms with Crippen molar-refractivity contribution in [1.82, 2.24) is 0 Å². The first kappa shape index (κ1) is 12.5. The predicted octanol–water partition coefficient (Wildman–Crippen LogP) is 2.65. The molecule has 0 radical (unpaired) electrons. The lowest BCUT2D eigenvalue weighted by Crippen LogP contribution is -2.12. The standard InChI is InChI=1S/C16H16N2O2/c17-12-5-7-14(16(18)19)15(9-12)20-13-6-4-10-2-1-3-11(10)8-13/h4-9H,1-3,17H2,(H2,18,19). The van der Waals surface area contributed by atoms with Crippen molar-refractivity contribution in [1.29, 1.82) is 0 Å². The number of amides is 1. The van der Waals surface area contributed by atoms with Crippen LogP contribution < -0.4 is 16.2 Å². The van der Waals surface area contributed by atoms with Crippen LogP contribution in [0.2, 0.25) is 0 Å². The summed E-state index contributed by atoms with van der Waals surface area (Å²) < 4.78 is 5.80. The van der Waals surface area contributed by atoms with E-state index >= 15 is 0 Å². The average Bonchev–Trinajstić information content (AvgIpc) is 2.85. The van der Waals surface area contributed by atoms with Crippen molar-refractivity contribution in [2.45, 2.75) is 19.3 Å². The summed E-state index contributed by atoms with van der Waals surface area (Å²) in [5.74, 6) is 0.579. The summed E-state index contributed by atoms with van der Waals surface area (Å²) in [6.07, 6.45) is 3.39. The number of rotatable bonds is 3. The summed E-state index contributed by atoms with van der Waals surface area (Å²) in [7, 11) is 0. The summed E-state index contributed by atoms with van der Waals surface area (Å²) in [4.78, 5) is 11.4. The Morgan fingerprint density at radius 1 is 1.05 bits per heavy atom. The average molecular weight is 268 g/mol. The Bertz CT molecular complexity index is 680. The molecule has 0 atom stereocenters. The van der Waals surface area contributed by atoms with Crippen molar-refractivity contribution in [2.24, 2.45) is 5.73 Å².